The van der Waals surface area contributed by atoms with Gasteiger partial charge in [-0.05, 0) is 23.3 Å². The maximum absolute atomic E-state index is 11.2. The third kappa shape index (κ3) is 4.52. The van der Waals surface area contributed by atoms with Crippen molar-refractivity contribution in [3.8, 4) is 0 Å². The molecule has 1 aliphatic rings. The van der Waals surface area contributed by atoms with Gasteiger partial charge < -0.3 is 5.32 Å². The molecule has 1 saturated heterocycles. The molecule has 132 valence electrons. The van der Waals surface area contributed by atoms with Crippen molar-refractivity contribution in [1.82, 2.24) is 14.8 Å². The second-order valence-electron chi connectivity index (χ2n) is 6.27. The number of piperazine rings is 1. The molecule has 2 aromatic rings. The monoisotopic (exact) mass is 341 g/mol. The number of anilines is 1. The van der Waals surface area contributed by atoms with E-state index in [1.165, 1.54) is 5.56 Å². The summed E-state index contributed by atoms with van der Waals surface area (Å²) < 4.78 is 0. The standard InChI is InChI=1S/C18H23N5O2/c1-19-17-5-4-15(11-18(17)23(24)25)13-21-7-9-22(10-8-21)14-16-3-2-6-20-12-16/h2-6,11-12,19H,7-10,13-14H2,1H3. The van der Waals surface area contributed by atoms with Crippen LogP contribution in [0.15, 0.2) is 42.7 Å². The van der Waals surface area contributed by atoms with Crippen LogP contribution < -0.4 is 5.32 Å². The molecule has 3 rings (SSSR count). The summed E-state index contributed by atoms with van der Waals surface area (Å²) in [6.07, 6.45) is 3.70. The van der Waals surface area contributed by atoms with Gasteiger partial charge in [0.2, 0.25) is 0 Å². The molecule has 0 radical (unpaired) electrons. The van der Waals surface area contributed by atoms with Gasteiger partial charge in [0.25, 0.3) is 5.69 Å². The molecule has 1 aromatic carbocycles. The first-order valence-corrected chi connectivity index (χ1v) is 8.44. The van der Waals surface area contributed by atoms with Crippen LogP contribution in [0.1, 0.15) is 11.1 Å². The van der Waals surface area contributed by atoms with E-state index < -0.39 is 0 Å². The summed E-state index contributed by atoms with van der Waals surface area (Å²) >= 11 is 0. The van der Waals surface area contributed by atoms with Crippen LogP contribution >= 0.6 is 0 Å². The zero-order valence-electron chi connectivity index (χ0n) is 14.4. The van der Waals surface area contributed by atoms with Crippen LogP contribution in [0, 0.1) is 10.1 Å². The zero-order valence-corrected chi connectivity index (χ0v) is 14.4. The van der Waals surface area contributed by atoms with Gasteiger partial charge in [0.05, 0.1) is 4.92 Å². The van der Waals surface area contributed by atoms with Crippen LogP contribution in [0.25, 0.3) is 0 Å². The third-order valence-electron chi connectivity index (χ3n) is 4.53. The molecule has 0 bridgehead atoms. The number of nitro benzene ring substituents is 1. The Bertz CT molecular complexity index is 715. The first kappa shape index (κ1) is 17.3. The number of rotatable bonds is 6. The highest BCUT2D eigenvalue weighted by Gasteiger charge is 2.19. The van der Waals surface area contributed by atoms with Crippen LogP contribution in [-0.2, 0) is 13.1 Å². The summed E-state index contributed by atoms with van der Waals surface area (Å²) in [4.78, 5) is 19.8. The van der Waals surface area contributed by atoms with Gasteiger partial charge in [0, 0.05) is 64.8 Å². The molecule has 0 atom stereocenters. The molecule has 0 aliphatic carbocycles. The number of nitrogens with one attached hydrogen (secondary N) is 1. The Kier molecular flexibility index (Phi) is 5.57. The highest BCUT2D eigenvalue weighted by molar-refractivity contribution is 5.62. The minimum atomic E-state index is -0.332. The Morgan fingerprint density at radius 2 is 1.80 bits per heavy atom. The second-order valence-corrected chi connectivity index (χ2v) is 6.27. The average molecular weight is 341 g/mol. The van der Waals surface area contributed by atoms with Crippen molar-refractivity contribution in [2.75, 3.05) is 38.5 Å². The Hall–Kier alpha value is -2.51. The summed E-state index contributed by atoms with van der Waals surface area (Å²) in [5.74, 6) is 0. The quantitative estimate of drug-likeness (QED) is 0.642. The first-order valence-electron chi connectivity index (χ1n) is 8.44. The Balaban J connectivity index is 1.55. The molecule has 0 saturated carbocycles. The molecule has 0 spiro atoms. The Labute approximate surface area is 147 Å². The van der Waals surface area contributed by atoms with Crippen molar-refractivity contribution in [1.29, 1.82) is 0 Å². The lowest BCUT2D eigenvalue weighted by atomic mass is 10.1. The van der Waals surface area contributed by atoms with Gasteiger partial charge in [-0.3, -0.25) is 24.9 Å². The molecule has 7 nitrogen and oxygen atoms in total. The lowest BCUT2D eigenvalue weighted by molar-refractivity contribution is -0.384. The van der Waals surface area contributed by atoms with Gasteiger partial charge in [-0.2, -0.15) is 0 Å². The van der Waals surface area contributed by atoms with Gasteiger partial charge in [0.1, 0.15) is 5.69 Å². The van der Waals surface area contributed by atoms with Crippen LogP contribution in [0.3, 0.4) is 0 Å². The van der Waals surface area contributed by atoms with Crippen molar-refractivity contribution < 1.29 is 4.92 Å². The van der Waals surface area contributed by atoms with Crippen LogP contribution in [0.5, 0.6) is 0 Å². The number of hydrogen-bond donors (Lipinski definition) is 1. The van der Waals surface area contributed by atoms with E-state index >= 15 is 0 Å². The molecule has 1 aromatic heterocycles. The van der Waals surface area contributed by atoms with Crippen molar-refractivity contribution in [3.05, 3.63) is 64.0 Å². The van der Waals surface area contributed by atoms with E-state index in [2.05, 4.69) is 26.2 Å². The van der Waals surface area contributed by atoms with E-state index in [0.717, 1.165) is 44.8 Å². The SMILES string of the molecule is CNc1ccc(CN2CCN(Cc3cccnc3)CC2)cc1[N+](=O)[O-]. The summed E-state index contributed by atoms with van der Waals surface area (Å²) in [6, 6.07) is 9.48. The van der Waals surface area contributed by atoms with Gasteiger partial charge in [-0.15, -0.1) is 0 Å². The first-order chi connectivity index (χ1) is 12.2. The van der Waals surface area contributed by atoms with Crippen molar-refractivity contribution in [3.63, 3.8) is 0 Å². The molecule has 2 heterocycles. The van der Waals surface area contributed by atoms with Crippen molar-refractivity contribution >= 4 is 11.4 Å². The van der Waals surface area contributed by atoms with E-state index in [1.54, 1.807) is 25.4 Å². The highest BCUT2D eigenvalue weighted by Crippen LogP contribution is 2.25. The van der Waals surface area contributed by atoms with E-state index in [-0.39, 0.29) is 10.6 Å². The fraction of sp³-hybridized carbons (Fsp3) is 0.389. The maximum Gasteiger partial charge on any atom is 0.292 e. The van der Waals surface area contributed by atoms with Crippen molar-refractivity contribution in [2.45, 2.75) is 13.1 Å². The van der Waals surface area contributed by atoms with E-state index in [4.69, 9.17) is 0 Å². The average Bonchev–Trinajstić information content (AvgIpc) is 2.64. The number of hydrogen-bond acceptors (Lipinski definition) is 6. The molecule has 1 aliphatic heterocycles. The lowest BCUT2D eigenvalue weighted by Gasteiger charge is -2.34. The molecule has 1 fully saturated rings. The van der Waals surface area contributed by atoms with Crippen LogP contribution in [0.2, 0.25) is 0 Å². The predicted molar refractivity (Wildman–Crippen MR) is 97.4 cm³/mol. The van der Waals surface area contributed by atoms with Crippen LogP contribution in [-0.4, -0.2) is 52.9 Å². The largest absolute Gasteiger partial charge is 0.383 e. The minimum Gasteiger partial charge on any atom is -0.383 e. The smallest absolute Gasteiger partial charge is 0.292 e. The second kappa shape index (κ2) is 8.04. The predicted octanol–water partition coefficient (Wildman–Crippen LogP) is 2.35. The van der Waals surface area contributed by atoms with Gasteiger partial charge in [-0.1, -0.05) is 12.1 Å². The van der Waals surface area contributed by atoms with Gasteiger partial charge in [-0.25, -0.2) is 0 Å². The topological polar surface area (TPSA) is 74.5 Å². The molecule has 7 heteroatoms. The fourth-order valence-corrected chi connectivity index (χ4v) is 3.15. The van der Waals surface area contributed by atoms with Gasteiger partial charge >= 0.3 is 0 Å². The molecule has 0 unspecified atom stereocenters. The summed E-state index contributed by atoms with van der Waals surface area (Å²) in [6.45, 7) is 5.57. The zero-order chi connectivity index (χ0) is 17.6. The normalized spacial score (nSPS) is 15.9. The molecule has 25 heavy (non-hydrogen) atoms. The third-order valence-corrected chi connectivity index (χ3v) is 4.53. The van der Waals surface area contributed by atoms with Gasteiger partial charge in [0.15, 0.2) is 0 Å². The van der Waals surface area contributed by atoms with Crippen molar-refractivity contribution in [2.24, 2.45) is 0 Å². The molecule has 0 amide bonds. The minimum absolute atomic E-state index is 0.134. The summed E-state index contributed by atoms with van der Waals surface area (Å²) in [5, 5.41) is 14.1. The summed E-state index contributed by atoms with van der Waals surface area (Å²) in [5.41, 5.74) is 2.89. The van der Waals surface area contributed by atoms with E-state index in [0.29, 0.717) is 5.69 Å². The maximum atomic E-state index is 11.2. The Morgan fingerprint density at radius 3 is 2.36 bits per heavy atom. The summed E-state index contributed by atoms with van der Waals surface area (Å²) in [7, 11) is 1.70. The molecular formula is C18H23N5O2. The highest BCUT2D eigenvalue weighted by atomic mass is 16.6. The lowest BCUT2D eigenvalue weighted by Crippen LogP contribution is -2.45. The number of benzene rings is 1. The number of nitro groups is 1. The fourth-order valence-electron chi connectivity index (χ4n) is 3.15. The van der Waals surface area contributed by atoms with E-state index in [1.807, 2.05) is 18.3 Å². The van der Waals surface area contributed by atoms with E-state index in [9.17, 15) is 10.1 Å². The number of aromatic nitrogens is 1. The molecule has 1 N–H and O–H groups in total. The molecular weight excluding hydrogens is 318 g/mol. The number of nitrogens with zero attached hydrogens (tertiary/aromatic N) is 4. The van der Waals surface area contributed by atoms with Crippen LogP contribution in [0.4, 0.5) is 11.4 Å². The number of pyridine rings is 1. The Morgan fingerprint density at radius 1 is 1.12 bits per heavy atom.